The number of aliphatic imine (C=N–C) groups is 1. The molecule has 0 bridgehead atoms. The van der Waals surface area contributed by atoms with E-state index in [2.05, 4.69) is 20.3 Å². The molecule has 0 aliphatic heterocycles. The Morgan fingerprint density at radius 2 is 1.83 bits per heavy atom. The molecule has 0 unspecified atom stereocenters. The number of aromatic nitrogens is 2. The molecule has 30 heavy (non-hydrogen) atoms. The van der Waals surface area contributed by atoms with Gasteiger partial charge in [0.15, 0.2) is 5.96 Å². The Hall–Kier alpha value is -2.88. The zero-order valence-electron chi connectivity index (χ0n) is 16.8. The van der Waals surface area contributed by atoms with Gasteiger partial charge < -0.3 is 20.5 Å². The monoisotopic (exact) mass is 519 g/mol. The first kappa shape index (κ1) is 23.4. The van der Waals surface area contributed by atoms with Crippen LogP contribution in [0.2, 0.25) is 0 Å². The molecular weight excluding hydrogens is 493 g/mol. The second-order valence-electron chi connectivity index (χ2n) is 6.21. The highest BCUT2D eigenvalue weighted by Crippen LogP contribution is 2.23. The van der Waals surface area contributed by atoms with Gasteiger partial charge in [-0.2, -0.15) is 0 Å². The van der Waals surface area contributed by atoms with Crippen molar-refractivity contribution >= 4 is 29.9 Å². The van der Waals surface area contributed by atoms with Gasteiger partial charge in [-0.05, 0) is 55.0 Å². The highest BCUT2D eigenvalue weighted by atomic mass is 127. The minimum absolute atomic E-state index is 0. The fourth-order valence-electron chi connectivity index (χ4n) is 2.59. The number of ether oxygens (including phenoxy) is 2. The van der Waals surface area contributed by atoms with Gasteiger partial charge in [0.05, 0.1) is 13.2 Å². The van der Waals surface area contributed by atoms with E-state index in [0.29, 0.717) is 37.3 Å². The van der Waals surface area contributed by atoms with Gasteiger partial charge in [0.2, 0.25) is 5.88 Å². The van der Waals surface area contributed by atoms with E-state index in [0.717, 1.165) is 23.4 Å². The van der Waals surface area contributed by atoms with Gasteiger partial charge in [0, 0.05) is 37.1 Å². The van der Waals surface area contributed by atoms with Crippen molar-refractivity contribution in [1.82, 2.24) is 15.3 Å². The van der Waals surface area contributed by atoms with Crippen LogP contribution in [0.4, 0.5) is 0 Å². The third kappa shape index (κ3) is 7.86. The minimum Gasteiger partial charge on any atom is -0.494 e. The summed E-state index contributed by atoms with van der Waals surface area (Å²) in [7, 11) is 0. The van der Waals surface area contributed by atoms with Gasteiger partial charge in [0.25, 0.3) is 0 Å². The van der Waals surface area contributed by atoms with Crippen molar-refractivity contribution in [2.75, 3.05) is 13.2 Å². The Kier molecular flexibility index (Phi) is 9.85. The summed E-state index contributed by atoms with van der Waals surface area (Å²) in [5.74, 6) is 2.40. The van der Waals surface area contributed by atoms with Crippen LogP contribution in [-0.2, 0) is 13.0 Å². The number of halogens is 1. The molecule has 7 nitrogen and oxygen atoms in total. The number of rotatable bonds is 9. The maximum Gasteiger partial charge on any atom is 0.219 e. The Morgan fingerprint density at radius 3 is 2.57 bits per heavy atom. The fraction of sp³-hybridized carbons (Fsp3) is 0.227. The quantitative estimate of drug-likeness (QED) is 0.253. The Morgan fingerprint density at radius 1 is 1.03 bits per heavy atom. The number of guanidine groups is 1. The molecule has 0 amide bonds. The number of nitrogens with one attached hydrogen (secondary N) is 1. The fourth-order valence-corrected chi connectivity index (χ4v) is 2.59. The predicted octanol–water partition coefficient (Wildman–Crippen LogP) is 3.93. The van der Waals surface area contributed by atoms with Gasteiger partial charge in [-0.3, -0.25) is 4.98 Å². The molecule has 2 aromatic heterocycles. The summed E-state index contributed by atoms with van der Waals surface area (Å²) in [4.78, 5) is 12.9. The van der Waals surface area contributed by atoms with Gasteiger partial charge in [-0.15, -0.1) is 24.0 Å². The highest BCUT2D eigenvalue weighted by molar-refractivity contribution is 14.0. The van der Waals surface area contributed by atoms with Crippen molar-refractivity contribution in [1.29, 1.82) is 0 Å². The summed E-state index contributed by atoms with van der Waals surface area (Å²) in [5.41, 5.74) is 7.91. The normalized spacial score (nSPS) is 10.8. The second kappa shape index (κ2) is 12.6. The van der Waals surface area contributed by atoms with Gasteiger partial charge >= 0.3 is 0 Å². The van der Waals surface area contributed by atoms with E-state index in [1.165, 1.54) is 0 Å². The SMILES string of the molecule is CCOc1ccc(Oc2cc(CN=C(N)NCCc3ccccn3)ccn2)cc1.I. The summed E-state index contributed by atoms with van der Waals surface area (Å²) >= 11 is 0. The molecule has 8 heteroatoms. The number of benzene rings is 1. The second-order valence-corrected chi connectivity index (χ2v) is 6.21. The molecule has 0 fully saturated rings. The van der Waals surface area contributed by atoms with E-state index in [9.17, 15) is 0 Å². The number of hydrogen-bond acceptors (Lipinski definition) is 5. The number of pyridine rings is 2. The van der Waals surface area contributed by atoms with E-state index in [1.807, 2.05) is 61.5 Å². The molecule has 0 saturated carbocycles. The molecule has 0 aliphatic carbocycles. The lowest BCUT2D eigenvalue weighted by molar-refractivity contribution is 0.339. The summed E-state index contributed by atoms with van der Waals surface area (Å²) in [6.45, 7) is 3.69. The molecule has 1 aromatic carbocycles. The van der Waals surface area contributed by atoms with E-state index < -0.39 is 0 Å². The summed E-state index contributed by atoms with van der Waals surface area (Å²) in [5, 5.41) is 3.10. The molecule has 0 atom stereocenters. The molecule has 0 saturated heterocycles. The first-order chi connectivity index (χ1) is 14.2. The van der Waals surface area contributed by atoms with Crippen molar-refractivity contribution in [3.8, 4) is 17.4 Å². The van der Waals surface area contributed by atoms with E-state index in [4.69, 9.17) is 15.2 Å². The lowest BCUT2D eigenvalue weighted by atomic mass is 10.2. The summed E-state index contributed by atoms with van der Waals surface area (Å²) in [6, 6.07) is 17.0. The molecule has 3 aromatic rings. The van der Waals surface area contributed by atoms with Crippen LogP contribution in [0.3, 0.4) is 0 Å². The van der Waals surface area contributed by atoms with E-state index in [1.54, 1.807) is 12.4 Å². The van der Waals surface area contributed by atoms with Crippen LogP contribution in [0, 0.1) is 0 Å². The van der Waals surface area contributed by atoms with Gasteiger partial charge in [-0.1, -0.05) is 6.07 Å². The molecular formula is C22H26IN5O2. The van der Waals surface area contributed by atoms with Crippen molar-refractivity contribution in [2.24, 2.45) is 10.7 Å². The van der Waals surface area contributed by atoms with Crippen LogP contribution in [-0.4, -0.2) is 29.1 Å². The van der Waals surface area contributed by atoms with Crippen LogP contribution in [0.25, 0.3) is 0 Å². The van der Waals surface area contributed by atoms with Crippen molar-refractivity contribution in [3.63, 3.8) is 0 Å². The highest BCUT2D eigenvalue weighted by Gasteiger charge is 2.02. The third-order valence-corrected chi connectivity index (χ3v) is 4.00. The predicted molar refractivity (Wildman–Crippen MR) is 129 cm³/mol. The van der Waals surface area contributed by atoms with E-state index >= 15 is 0 Å². The van der Waals surface area contributed by atoms with Crippen LogP contribution < -0.4 is 20.5 Å². The van der Waals surface area contributed by atoms with E-state index in [-0.39, 0.29) is 24.0 Å². The molecule has 2 heterocycles. The molecule has 0 aliphatic rings. The molecule has 0 radical (unpaired) electrons. The molecule has 0 spiro atoms. The maximum absolute atomic E-state index is 5.95. The first-order valence-corrected chi connectivity index (χ1v) is 9.52. The topological polar surface area (TPSA) is 94.7 Å². The van der Waals surface area contributed by atoms with Crippen molar-refractivity contribution in [3.05, 3.63) is 78.2 Å². The van der Waals surface area contributed by atoms with Crippen LogP contribution in [0.1, 0.15) is 18.2 Å². The van der Waals surface area contributed by atoms with Crippen LogP contribution in [0.15, 0.2) is 72.0 Å². The maximum atomic E-state index is 5.95. The van der Waals surface area contributed by atoms with Crippen molar-refractivity contribution < 1.29 is 9.47 Å². The number of nitrogens with two attached hydrogens (primary N) is 1. The van der Waals surface area contributed by atoms with Gasteiger partial charge in [0.1, 0.15) is 11.5 Å². The lowest BCUT2D eigenvalue weighted by Gasteiger charge is -2.08. The largest absolute Gasteiger partial charge is 0.494 e. The zero-order chi connectivity index (χ0) is 20.3. The molecule has 3 N–H and O–H groups in total. The lowest BCUT2D eigenvalue weighted by Crippen LogP contribution is -2.33. The minimum atomic E-state index is 0. The Labute approximate surface area is 193 Å². The average Bonchev–Trinajstić information content (AvgIpc) is 2.75. The standard InChI is InChI=1S/C22H25N5O2.HI/c1-2-28-19-6-8-20(9-7-19)29-21-15-17(10-13-25-21)16-27-22(23)26-14-11-18-5-3-4-12-24-18;/h3-10,12-13,15H,2,11,14,16H2,1H3,(H3,23,26,27);1H. The smallest absolute Gasteiger partial charge is 0.219 e. The van der Waals surface area contributed by atoms with Gasteiger partial charge in [-0.25, -0.2) is 9.98 Å². The summed E-state index contributed by atoms with van der Waals surface area (Å²) < 4.78 is 11.2. The van der Waals surface area contributed by atoms with Crippen LogP contribution >= 0.6 is 24.0 Å². The number of nitrogens with zero attached hydrogens (tertiary/aromatic N) is 3. The zero-order valence-corrected chi connectivity index (χ0v) is 19.2. The Balaban J connectivity index is 0.00000320. The summed E-state index contributed by atoms with van der Waals surface area (Å²) in [6.07, 6.45) is 4.26. The number of hydrogen-bond donors (Lipinski definition) is 2. The average molecular weight is 519 g/mol. The van der Waals surface area contributed by atoms with Crippen molar-refractivity contribution in [2.45, 2.75) is 19.9 Å². The molecule has 3 rings (SSSR count). The Bertz CT molecular complexity index is 920. The first-order valence-electron chi connectivity index (χ1n) is 9.52. The van der Waals surface area contributed by atoms with Crippen LogP contribution in [0.5, 0.6) is 17.4 Å². The molecule has 158 valence electrons. The third-order valence-electron chi connectivity index (χ3n) is 4.00.